The first-order valence-electron chi connectivity index (χ1n) is 7.87. The van der Waals surface area contributed by atoms with E-state index in [2.05, 4.69) is 5.32 Å². The second-order valence-electron chi connectivity index (χ2n) is 5.78. The molecule has 0 bridgehead atoms. The Kier molecular flexibility index (Phi) is 4.80. The number of aromatic hydroxyl groups is 1. The number of nitrogens with one attached hydrogen (secondary N) is 1. The highest BCUT2D eigenvalue weighted by Gasteiger charge is 2.12. The van der Waals surface area contributed by atoms with Gasteiger partial charge in [-0.1, -0.05) is 0 Å². The molecule has 3 aromatic rings. The quantitative estimate of drug-likeness (QED) is 0.466. The number of carbonyl (C=O) groups excluding carboxylic acids is 1. The van der Waals surface area contributed by atoms with Gasteiger partial charge in [-0.15, -0.1) is 0 Å². The van der Waals surface area contributed by atoms with Crippen LogP contribution >= 0.6 is 0 Å². The van der Waals surface area contributed by atoms with Gasteiger partial charge in [0.15, 0.2) is 6.61 Å². The van der Waals surface area contributed by atoms with Gasteiger partial charge < -0.3 is 24.7 Å². The molecule has 0 aliphatic heterocycles. The first-order chi connectivity index (χ1) is 12.8. The van der Waals surface area contributed by atoms with Crippen LogP contribution in [0.5, 0.6) is 11.5 Å². The van der Waals surface area contributed by atoms with E-state index in [9.17, 15) is 19.5 Å². The van der Waals surface area contributed by atoms with Crippen molar-refractivity contribution >= 4 is 28.5 Å². The summed E-state index contributed by atoms with van der Waals surface area (Å²) in [5.41, 5.74) is 0.500. The maximum atomic E-state index is 12.0. The van der Waals surface area contributed by atoms with Gasteiger partial charge in [0, 0.05) is 17.5 Å². The van der Waals surface area contributed by atoms with Crippen LogP contribution in [0.15, 0.2) is 51.7 Å². The lowest BCUT2D eigenvalue weighted by molar-refractivity contribution is -0.118. The highest BCUT2D eigenvalue weighted by Crippen LogP contribution is 2.25. The summed E-state index contributed by atoms with van der Waals surface area (Å²) < 4.78 is 10.5. The molecular formula is C19H15NO7. The highest BCUT2D eigenvalue weighted by atomic mass is 16.5. The first-order valence-corrected chi connectivity index (χ1v) is 7.87. The molecule has 2 aromatic carbocycles. The van der Waals surface area contributed by atoms with Gasteiger partial charge in [0.05, 0.1) is 11.3 Å². The zero-order valence-corrected chi connectivity index (χ0v) is 14.2. The molecular weight excluding hydrogens is 354 g/mol. The van der Waals surface area contributed by atoms with Crippen molar-refractivity contribution < 1.29 is 29.0 Å². The van der Waals surface area contributed by atoms with Crippen LogP contribution in [-0.2, 0) is 4.79 Å². The van der Waals surface area contributed by atoms with Gasteiger partial charge in [-0.25, -0.2) is 9.59 Å². The number of fused-ring (bicyclic) bond motifs is 1. The highest BCUT2D eigenvalue weighted by molar-refractivity contribution is 5.96. The van der Waals surface area contributed by atoms with E-state index in [-0.39, 0.29) is 17.0 Å². The molecule has 0 saturated carbocycles. The molecule has 0 fully saturated rings. The molecule has 0 aliphatic rings. The molecule has 3 rings (SSSR count). The molecule has 1 heterocycles. The monoisotopic (exact) mass is 369 g/mol. The van der Waals surface area contributed by atoms with Crippen LogP contribution in [0.4, 0.5) is 5.69 Å². The van der Waals surface area contributed by atoms with E-state index in [1.807, 2.05) is 0 Å². The fraction of sp³-hybridized carbons (Fsp3) is 0.105. The van der Waals surface area contributed by atoms with Crippen LogP contribution in [0.1, 0.15) is 15.9 Å². The number of phenols is 1. The van der Waals surface area contributed by atoms with Gasteiger partial charge in [0.1, 0.15) is 17.1 Å². The third kappa shape index (κ3) is 4.06. The minimum atomic E-state index is -1.19. The molecule has 0 atom stereocenters. The van der Waals surface area contributed by atoms with Gasteiger partial charge in [-0.3, -0.25) is 4.79 Å². The Morgan fingerprint density at radius 2 is 1.93 bits per heavy atom. The zero-order valence-electron chi connectivity index (χ0n) is 14.2. The summed E-state index contributed by atoms with van der Waals surface area (Å²) in [5.74, 6) is -1.74. The molecule has 0 unspecified atom stereocenters. The number of aromatic carboxylic acids is 1. The minimum absolute atomic E-state index is 0.0383. The Balaban J connectivity index is 1.71. The minimum Gasteiger partial charge on any atom is -0.506 e. The lowest BCUT2D eigenvalue weighted by atomic mass is 10.1. The summed E-state index contributed by atoms with van der Waals surface area (Å²) >= 11 is 0. The summed E-state index contributed by atoms with van der Waals surface area (Å²) in [6.07, 6.45) is 0. The van der Waals surface area contributed by atoms with Gasteiger partial charge >= 0.3 is 11.6 Å². The number of benzene rings is 2. The van der Waals surface area contributed by atoms with Gasteiger partial charge in [-0.05, 0) is 42.8 Å². The Morgan fingerprint density at radius 3 is 2.67 bits per heavy atom. The molecule has 8 nitrogen and oxygen atoms in total. The van der Waals surface area contributed by atoms with Crippen LogP contribution in [0, 0.1) is 6.92 Å². The van der Waals surface area contributed by atoms with E-state index in [0.29, 0.717) is 11.3 Å². The molecule has 27 heavy (non-hydrogen) atoms. The number of anilines is 1. The van der Waals surface area contributed by atoms with Crippen molar-refractivity contribution in [1.82, 2.24) is 0 Å². The summed E-state index contributed by atoms with van der Waals surface area (Å²) in [7, 11) is 0. The van der Waals surface area contributed by atoms with Gasteiger partial charge in [0.25, 0.3) is 5.91 Å². The van der Waals surface area contributed by atoms with E-state index in [1.54, 1.807) is 19.1 Å². The third-order valence-corrected chi connectivity index (χ3v) is 3.81. The molecule has 0 saturated heterocycles. The smallest absolute Gasteiger partial charge is 0.336 e. The molecule has 0 spiro atoms. The van der Waals surface area contributed by atoms with Crippen molar-refractivity contribution in [2.45, 2.75) is 6.92 Å². The van der Waals surface area contributed by atoms with E-state index in [4.69, 9.17) is 14.3 Å². The lowest BCUT2D eigenvalue weighted by Gasteiger charge is -2.10. The van der Waals surface area contributed by atoms with Crippen LogP contribution in [0.25, 0.3) is 11.0 Å². The van der Waals surface area contributed by atoms with E-state index >= 15 is 0 Å². The lowest BCUT2D eigenvalue weighted by Crippen LogP contribution is -2.20. The first kappa shape index (κ1) is 18.0. The molecule has 0 radical (unpaired) electrons. The van der Waals surface area contributed by atoms with Crippen molar-refractivity contribution in [3.63, 3.8) is 0 Å². The SMILES string of the molecule is Cc1cc(=O)oc2cc(OCC(=O)Nc3cc(C(=O)O)ccc3O)ccc12. The molecule has 3 N–H and O–H groups in total. The Bertz CT molecular complexity index is 1100. The summed E-state index contributed by atoms with van der Waals surface area (Å²) in [5, 5.41) is 21.8. The molecule has 1 aromatic heterocycles. The van der Waals surface area contributed by atoms with E-state index in [1.165, 1.54) is 24.3 Å². The van der Waals surface area contributed by atoms with Crippen molar-refractivity contribution in [2.75, 3.05) is 11.9 Å². The largest absolute Gasteiger partial charge is 0.506 e. The fourth-order valence-electron chi connectivity index (χ4n) is 2.50. The van der Waals surface area contributed by atoms with Crippen molar-refractivity contribution in [2.24, 2.45) is 0 Å². The number of ether oxygens (including phenoxy) is 1. The number of aryl methyl sites for hydroxylation is 1. The average molecular weight is 369 g/mol. The Hall–Kier alpha value is -3.81. The molecule has 138 valence electrons. The predicted octanol–water partition coefficient (Wildman–Crippen LogP) is 2.52. The Labute approximate surface area is 152 Å². The number of hydrogen-bond acceptors (Lipinski definition) is 6. The number of carboxylic acids is 1. The summed E-state index contributed by atoms with van der Waals surface area (Å²) in [6.45, 7) is 1.39. The van der Waals surface area contributed by atoms with Crippen molar-refractivity contribution in [3.05, 3.63) is 64.0 Å². The second-order valence-corrected chi connectivity index (χ2v) is 5.78. The third-order valence-electron chi connectivity index (χ3n) is 3.81. The summed E-state index contributed by atoms with van der Waals surface area (Å²) in [6, 6.07) is 9.76. The topological polar surface area (TPSA) is 126 Å². The van der Waals surface area contributed by atoms with Gasteiger partial charge in [-0.2, -0.15) is 0 Å². The maximum absolute atomic E-state index is 12.0. The Morgan fingerprint density at radius 1 is 1.15 bits per heavy atom. The van der Waals surface area contributed by atoms with Crippen LogP contribution in [-0.4, -0.2) is 28.7 Å². The van der Waals surface area contributed by atoms with Crippen molar-refractivity contribution in [3.8, 4) is 11.5 Å². The average Bonchev–Trinajstić information content (AvgIpc) is 2.61. The number of phenolic OH excluding ortho intramolecular Hbond substituents is 1. The van der Waals surface area contributed by atoms with Crippen LogP contribution < -0.4 is 15.7 Å². The van der Waals surface area contributed by atoms with Crippen LogP contribution in [0.3, 0.4) is 0 Å². The number of amides is 1. The zero-order chi connectivity index (χ0) is 19.6. The van der Waals surface area contributed by atoms with Gasteiger partial charge in [0.2, 0.25) is 0 Å². The number of carbonyl (C=O) groups is 2. The number of hydrogen-bond donors (Lipinski definition) is 3. The van der Waals surface area contributed by atoms with E-state index < -0.39 is 24.1 Å². The van der Waals surface area contributed by atoms with E-state index in [0.717, 1.165) is 17.0 Å². The number of rotatable bonds is 5. The fourth-order valence-corrected chi connectivity index (χ4v) is 2.50. The molecule has 0 aliphatic carbocycles. The number of carboxylic acid groups (broad SMARTS) is 1. The van der Waals surface area contributed by atoms with Crippen molar-refractivity contribution in [1.29, 1.82) is 0 Å². The molecule has 1 amide bonds. The normalized spacial score (nSPS) is 10.6. The predicted molar refractivity (Wildman–Crippen MR) is 96.4 cm³/mol. The van der Waals surface area contributed by atoms with Crippen LogP contribution in [0.2, 0.25) is 0 Å². The second kappa shape index (κ2) is 7.20. The molecule has 8 heteroatoms. The maximum Gasteiger partial charge on any atom is 0.336 e. The summed E-state index contributed by atoms with van der Waals surface area (Å²) in [4.78, 5) is 34.4. The standard InChI is InChI=1S/C19H15NO7/c1-10-6-18(23)27-16-8-12(3-4-13(10)16)26-9-17(22)20-14-7-11(19(24)25)2-5-15(14)21/h2-8,21H,9H2,1H3,(H,20,22)(H,24,25).